The maximum atomic E-state index is 14.0. The highest BCUT2D eigenvalue weighted by molar-refractivity contribution is 7.14. The van der Waals surface area contributed by atoms with Crippen molar-refractivity contribution in [2.45, 2.75) is 13.8 Å². The molecule has 0 saturated carbocycles. The monoisotopic (exact) mass is 368 g/mol. The summed E-state index contributed by atoms with van der Waals surface area (Å²) < 4.78 is 31.7. The quantitative estimate of drug-likeness (QED) is 0.649. The SMILES string of the molecule is CCOC(=O)N/N=C\c1csc(N(C(C)=O)c2ccc(F)cc2F)n1. The molecular formula is C15H14F2N4O3S. The van der Waals surface area contributed by atoms with E-state index in [0.717, 1.165) is 28.4 Å². The first-order chi connectivity index (χ1) is 11.9. The number of thiazole rings is 1. The number of amides is 2. The molecule has 1 aromatic heterocycles. The van der Waals surface area contributed by atoms with Crippen LogP contribution in [0.4, 0.5) is 24.4 Å². The molecular weight excluding hydrogens is 354 g/mol. The van der Waals surface area contributed by atoms with Gasteiger partial charge in [0.1, 0.15) is 11.6 Å². The smallest absolute Gasteiger partial charge is 0.427 e. The third-order valence-corrected chi connectivity index (χ3v) is 3.64. The van der Waals surface area contributed by atoms with Gasteiger partial charge in [0.25, 0.3) is 0 Å². The van der Waals surface area contributed by atoms with Crippen LogP contribution < -0.4 is 10.3 Å². The Morgan fingerprint density at radius 3 is 2.84 bits per heavy atom. The summed E-state index contributed by atoms with van der Waals surface area (Å²) in [5.41, 5.74) is 2.36. The Labute approximate surface area is 145 Å². The van der Waals surface area contributed by atoms with Crippen molar-refractivity contribution in [2.24, 2.45) is 5.10 Å². The van der Waals surface area contributed by atoms with Gasteiger partial charge in [-0.25, -0.2) is 24.0 Å². The number of carbonyl (C=O) groups excluding carboxylic acids is 2. The lowest BCUT2D eigenvalue weighted by Crippen LogP contribution is -2.23. The van der Waals surface area contributed by atoms with Crippen LogP contribution in [0.25, 0.3) is 0 Å². The molecule has 7 nitrogen and oxygen atoms in total. The van der Waals surface area contributed by atoms with Crippen LogP contribution in [0.5, 0.6) is 0 Å². The third kappa shape index (κ3) is 4.80. The number of hydrogen-bond acceptors (Lipinski definition) is 6. The summed E-state index contributed by atoms with van der Waals surface area (Å²) in [4.78, 5) is 28.1. The van der Waals surface area contributed by atoms with Gasteiger partial charge in [0, 0.05) is 18.4 Å². The third-order valence-electron chi connectivity index (χ3n) is 2.79. The number of carbonyl (C=O) groups is 2. The van der Waals surface area contributed by atoms with Crippen LogP contribution in [0, 0.1) is 11.6 Å². The van der Waals surface area contributed by atoms with Gasteiger partial charge in [-0.05, 0) is 19.1 Å². The Kier molecular flexibility index (Phi) is 6.12. The van der Waals surface area contributed by atoms with Crippen molar-refractivity contribution in [1.29, 1.82) is 0 Å². The van der Waals surface area contributed by atoms with Crippen molar-refractivity contribution < 1.29 is 23.1 Å². The van der Waals surface area contributed by atoms with Crippen LogP contribution in [0.15, 0.2) is 28.7 Å². The first-order valence-electron chi connectivity index (χ1n) is 7.09. The Bertz CT molecular complexity index is 810. The zero-order chi connectivity index (χ0) is 18.4. The number of hydrogen-bond donors (Lipinski definition) is 1. The molecule has 10 heteroatoms. The molecule has 1 N–H and O–H groups in total. The molecule has 25 heavy (non-hydrogen) atoms. The van der Waals surface area contributed by atoms with Crippen LogP contribution >= 0.6 is 11.3 Å². The average molecular weight is 368 g/mol. The first-order valence-corrected chi connectivity index (χ1v) is 7.97. The van der Waals surface area contributed by atoms with E-state index in [1.54, 1.807) is 12.3 Å². The highest BCUT2D eigenvalue weighted by Crippen LogP contribution is 2.30. The van der Waals surface area contributed by atoms with Gasteiger partial charge in [-0.15, -0.1) is 11.3 Å². The fourth-order valence-corrected chi connectivity index (χ4v) is 2.65. The Balaban J connectivity index is 2.21. The fraction of sp³-hybridized carbons (Fsp3) is 0.200. The number of nitrogens with one attached hydrogen (secondary N) is 1. The minimum atomic E-state index is -0.885. The number of rotatable bonds is 5. The summed E-state index contributed by atoms with van der Waals surface area (Å²) in [7, 11) is 0. The fourth-order valence-electron chi connectivity index (χ4n) is 1.82. The van der Waals surface area contributed by atoms with E-state index in [1.165, 1.54) is 13.1 Å². The van der Waals surface area contributed by atoms with Crippen molar-refractivity contribution in [2.75, 3.05) is 11.5 Å². The van der Waals surface area contributed by atoms with Gasteiger partial charge < -0.3 is 4.74 Å². The van der Waals surface area contributed by atoms with Crippen LogP contribution in [0.2, 0.25) is 0 Å². The molecule has 0 saturated heterocycles. The maximum Gasteiger partial charge on any atom is 0.427 e. The number of benzene rings is 1. The highest BCUT2D eigenvalue weighted by atomic mass is 32.1. The van der Waals surface area contributed by atoms with E-state index in [1.807, 2.05) is 0 Å². The highest BCUT2D eigenvalue weighted by Gasteiger charge is 2.21. The predicted octanol–water partition coefficient (Wildman–Crippen LogP) is 3.19. The van der Waals surface area contributed by atoms with E-state index < -0.39 is 23.6 Å². The summed E-state index contributed by atoms with van der Waals surface area (Å²) in [6.45, 7) is 3.10. The van der Waals surface area contributed by atoms with Gasteiger partial charge in [0.05, 0.1) is 24.2 Å². The molecule has 0 atom stereocenters. The molecule has 0 fully saturated rings. The number of halogens is 2. The van der Waals surface area contributed by atoms with Gasteiger partial charge in [-0.3, -0.25) is 9.69 Å². The molecule has 132 valence electrons. The summed E-state index contributed by atoms with van der Waals surface area (Å²) in [6.07, 6.45) is 0.531. The molecule has 1 aromatic carbocycles. The Hall–Kier alpha value is -2.88. The number of anilines is 2. The summed E-state index contributed by atoms with van der Waals surface area (Å²) >= 11 is 1.06. The maximum absolute atomic E-state index is 14.0. The van der Waals surface area contributed by atoms with Crippen LogP contribution in [0.1, 0.15) is 19.5 Å². The van der Waals surface area contributed by atoms with Crippen molar-refractivity contribution >= 4 is 40.4 Å². The Morgan fingerprint density at radius 1 is 1.44 bits per heavy atom. The summed E-state index contributed by atoms with van der Waals surface area (Å²) in [5.74, 6) is -2.13. The van der Waals surface area contributed by atoms with Crippen molar-refractivity contribution in [3.8, 4) is 0 Å². The zero-order valence-electron chi connectivity index (χ0n) is 13.3. The lowest BCUT2D eigenvalue weighted by Gasteiger charge is -2.18. The van der Waals surface area contributed by atoms with E-state index in [-0.39, 0.29) is 17.4 Å². The molecule has 2 aromatic rings. The van der Waals surface area contributed by atoms with Gasteiger partial charge in [0.2, 0.25) is 5.91 Å². The molecule has 1 heterocycles. The second kappa shape index (κ2) is 8.29. The van der Waals surface area contributed by atoms with Crippen LogP contribution in [-0.2, 0) is 9.53 Å². The van der Waals surface area contributed by atoms with Gasteiger partial charge in [-0.2, -0.15) is 5.10 Å². The molecule has 0 aliphatic heterocycles. The Morgan fingerprint density at radius 2 is 2.20 bits per heavy atom. The molecule has 0 radical (unpaired) electrons. The van der Waals surface area contributed by atoms with Crippen LogP contribution in [-0.4, -0.2) is 29.8 Å². The van der Waals surface area contributed by atoms with E-state index in [4.69, 9.17) is 0 Å². The lowest BCUT2D eigenvalue weighted by atomic mass is 10.2. The summed E-state index contributed by atoms with van der Waals surface area (Å²) in [5, 5.41) is 5.38. The van der Waals surface area contributed by atoms with Gasteiger partial charge >= 0.3 is 6.09 Å². The second-order valence-corrected chi connectivity index (χ2v) is 5.43. The van der Waals surface area contributed by atoms with E-state index >= 15 is 0 Å². The summed E-state index contributed by atoms with van der Waals surface area (Å²) in [6, 6.07) is 2.89. The minimum absolute atomic E-state index is 0.114. The van der Waals surface area contributed by atoms with E-state index in [2.05, 4.69) is 20.2 Å². The largest absolute Gasteiger partial charge is 0.449 e. The number of aromatic nitrogens is 1. The number of nitrogens with zero attached hydrogens (tertiary/aromatic N) is 3. The van der Waals surface area contributed by atoms with E-state index in [0.29, 0.717) is 11.8 Å². The standard InChI is InChI=1S/C15H14F2N4O3S/c1-3-24-15(23)20-18-7-11-8-25-14(19-11)21(9(2)22)13-5-4-10(16)6-12(13)17/h4-8H,3H2,1-2H3,(H,20,23)/b18-7-. The first kappa shape index (κ1) is 18.5. The van der Waals surface area contributed by atoms with Crippen LogP contribution in [0.3, 0.4) is 0 Å². The number of hydrazone groups is 1. The van der Waals surface area contributed by atoms with Crippen molar-refractivity contribution in [3.63, 3.8) is 0 Å². The molecule has 0 aliphatic carbocycles. The number of ether oxygens (including phenoxy) is 1. The topological polar surface area (TPSA) is 83.9 Å². The molecule has 2 amide bonds. The van der Waals surface area contributed by atoms with Gasteiger partial charge in [-0.1, -0.05) is 0 Å². The molecule has 0 spiro atoms. The molecule has 0 aliphatic rings. The molecule has 2 rings (SSSR count). The normalized spacial score (nSPS) is 10.7. The van der Waals surface area contributed by atoms with E-state index in [9.17, 15) is 18.4 Å². The minimum Gasteiger partial charge on any atom is -0.449 e. The average Bonchev–Trinajstić information content (AvgIpc) is 2.98. The van der Waals surface area contributed by atoms with Crippen molar-refractivity contribution in [1.82, 2.24) is 10.4 Å². The molecule has 0 bridgehead atoms. The van der Waals surface area contributed by atoms with Crippen molar-refractivity contribution in [3.05, 3.63) is 40.9 Å². The zero-order valence-corrected chi connectivity index (χ0v) is 14.1. The second-order valence-electron chi connectivity index (χ2n) is 4.60. The van der Waals surface area contributed by atoms with Gasteiger partial charge in [0.15, 0.2) is 5.13 Å². The predicted molar refractivity (Wildman–Crippen MR) is 89.0 cm³/mol. The lowest BCUT2D eigenvalue weighted by molar-refractivity contribution is -0.115. The molecule has 0 unspecified atom stereocenters.